The van der Waals surface area contributed by atoms with Crippen molar-refractivity contribution in [1.82, 2.24) is 0 Å². The first kappa shape index (κ1) is 23.4. The number of hydrogen-bond donors (Lipinski definition) is 6. The maximum atomic E-state index is 12.3. The summed E-state index contributed by atoms with van der Waals surface area (Å²) in [6, 6.07) is 0. The molecule has 0 radical (unpaired) electrons. The normalized spacial score (nSPS) is 39.2. The number of hydrogen-bond acceptors (Lipinski definition) is 6. The number of rotatable bonds is 6. The number of aliphatic hydroxyl groups is 6. The van der Waals surface area contributed by atoms with Crippen LogP contribution in [0, 0.1) is 0 Å². The number of halogens is 6. The second-order valence-electron chi connectivity index (χ2n) is 6.66. The van der Waals surface area contributed by atoms with E-state index in [1.54, 1.807) is 0 Å². The van der Waals surface area contributed by atoms with Crippen molar-refractivity contribution in [2.24, 2.45) is 0 Å². The van der Waals surface area contributed by atoms with Crippen molar-refractivity contribution in [2.75, 3.05) is 0 Å². The lowest BCUT2D eigenvalue weighted by Gasteiger charge is -2.55. The van der Waals surface area contributed by atoms with Crippen LogP contribution in [0.1, 0.15) is 38.5 Å². The summed E-state index contributed by atoms with van der Waals surface area (Å²) in [5.74, 6) is 0. The molecule has 6 N–H and O–H groups in total. The van der Waals surface area contributed by atoms with Crippen LogP contribution >= 0.6 is 0 Å². The summed E-state index contributed by atoms with van der Waals surface area (Å²) in [5, 5.41) is 60.4. The summed E-state index contributed by atoms with van der Waals surface area (Å²) in [5.41, 5.74) is -5.91. The molecule has 0 aromatic rings. The molecule has 1 aliphatic rings. The van der Waals surface area contributed by atoms with Crippen LogP contribution in [0.25, 0.3) is 0 Å². The van der Waals surface area contributed by atoms with E-state index in [0.29, 0.717) is 0 Å². The second-order valence-corrected chi connectivity index (χ2v) is 6.66. The van der Waals surface area contributed by atoms with Gasteiger partial charge in [0.05, 0.1) is 0 Å². The maximum absolute atomic E-state index is 12.3. The zero-order valence-electron chi connectivity index (χ0n) is 13.5. The van der Waals surface area contributed by atoms with Gasteiger partial charge in [-0.25, -0.2) is 0 Å². The van der Waals surface area contributed by atoms with Gasteiger partial charge in [-0.3, -0.25) is 0 Å². The van der Waals surface area contributed by atoms with Crippen molar-refractivity contribution >= 4 is 0 Å². The molecule has 156 valence electrons. The summed E-state index contributed by atoms with van der Waals surface area (Å²) < 4.78 is 73.8. The van der Waals surface area contributed by atoms with E-state index in [1.807, 2.05) is 0 Å². The molecule has 6 atom stereocenters. The van der Waals surface area contributed by atoms with Crippen LogP contribution in [0.2, 0.25) is 0 Å². The van der Waals surface area contributed by atoms with Gasteiger partial charge in [-0.15, -0.1) is 0 Å². The lowest BCUT2D eigenvalue weighted by atomic mass is 9.62. The molecule has 1 fully saturated rings. The van der Waals surface area contributed by atoms with Gasteiger partial charge in [-0.1, -0.05) is 0 Å². The molecule has 0 aromatic carbocycles. The Labute approximate surface area is 144 Å². The Kier molecular flexibility index (Phi) is 6.98. The summed E-state index contributed by atoms with van der Waals surface area (Å²) in [7, 11) is 0. The van der Waals surface area contributed by atoms with Crippen LogP contribution in [0.4, 0.5) is 26.3 Å². The van der Waals surface area contributed by atoms with E-state index in [1.165, 1.54) is 0 Å². The van der Waals surface area contributed by atoms with Gasteiger partial charge in [-0.2, -0.15) is 26.3 Å². The van der Waals surface area contributed by atoms with Crippen molar-refractivity contribution in [3.05, 3.63) is 0 Å². The standard InChI is InChI=1S/C14H22F6O6/c15-13(16,17)5-1-3-11(25)9(23)7(21)8(22)10(24)12(11,26)4-2-6-14(18,19)20/h7-10,21-26H,1-6H2/t7-,8-,9-,10+,11+,12-/m1/s1. The van der Waals surface area contributed by atoms with Crippen molar-refractivity contribution in [3.8, 4) is 0 Å². The number of alkyl halides is 6. The van der Waals surface area contributed by atoms with Gasteiger partial charge in [0.25, 0.3) is 0 Å². The average Bonchev–Trinajstić information content (AvgIpc) is 2.47. The molecule has 12 heteroatoms. The quantitative estimate of drug-likeness (QED) is 0.359. The lowest BCUT2D eigenvalue weighted by molar-refractivity contribution is -0.318. The highest BCUT2D eigenvalue weighted by molar-refractivity contribution is 5.16. The SMILES string of the molecule is O[C@@H]1[C@@H](O)[C@H](O)[C@](O)(CCCC(F)(F)F)[C@](O)(CCCC(F)(F)F)[C@@H]1O. The van der Waals surface area contributed by atoms with Gasteiger partial charge in [0.15, 0.2) is 0 Å². The van der Waals surface area contributed by atoms with Crippen LogP contribution in [-0.4, -0.2) is 78.6 Å². The van der Waals surface area contributed by atoms with Crippen molar-refractivity contribution in [1.29, 1.82) is 0 Å². The van der Waals surface area contributed by atoms with E-state index < -0.39 is 86.5 Å². The van der Waals surface area contributed by atoms with Crippen LogP contribution < -0.4 is 0 Å². The predicted molar refractivity (Wildman–Crippen MR) is 73.7 cm³/mol. The van der Waals surface area contributed by atoms with Crippen LogP contribution in [0.15, 0.2) is 0 Å². The van der Waals surface area contributed by atoms with E-state index in [0.717, 1.165) is 0 Å². The van der Waals surface area contributed by atoms with Crippen LogP contribution in [0.5, 0.6) is 0 Å². The fourth-order valence-corrected chi connectivity index (χ4v) is 3.30. The molecule has 0 unspecified atom stereocenters. The first-order chi connectivity index (χ1) is 11.6. The Morgan fingerprint density at radius 3 is 1.12 bits per heavy atom. The van der Waals surface area contributed by atoms with Gasteiger partial charge < -0.3 is 30.6 Å². The molecule has 1 aliphatic carbocycles. The molecule has 1 rings (SSSR count). The van der Waals surface area contributed by atoms with Crippen LogP contribution in [0.3, 0.4) is 0 Å². The molecule has 0 aromatic heterocycles. The first-order valence-corrected chi connectivity index (χ1v) is 7.86. The summed E-state index contributed by atoms with van der Waals surface area (Å²) >= 11 is 0. The number of aliphatic hydroxyl groups excluding tert-OH is 4. The van der Waals surface area contributed by atoms with E-state index in [-0.39, 0.29) is 0 Å². The molecular weight excluding hydrogens is 378 g/mol. The molecule has 0 amide bonds. The average molecular weight is 400 g/mol. The van der Waals surface area contributed by atoms with Gasteiger partial charge >= 0.3 is 12.4 Å². The molecule has 0 bridgehead atoms. The van der Waals surface area contributed by atoms with E-state index >= 15 is 0 Å². The van der Waals surface area contributed by atoms with Gasteiger partial charge in [0.2, 0.25) is 0 Å². The lowest BCUT2D eigenvalue weighted by Crippen LogP contribution is -2.77. The van der Waals surface area contributed by atoms with Gasteiger partial charge in [-0.05, 0) is 25.7 Å². The summed E-state index contributed by atoms with van der Waals surface area (Å²) in [4.78, 5) is 0. The third-order valence-corrected chi connectivity index (χ3v) is 4.76. The summed E-state index contributed by atoms with van der Waals surface area (Å²) in [6.07, 6.45) is -25.0. The Morgan fingerprint density at radius 1 is 0.615 bits per heavy atom. The van der Waals surface area contributed by atoms with E-state index in [2.05, 4.69) is 0 Å². The third-order valence-electron chi connectivity index (χ3n) is 4.76. The monoisotopic (exact) mass is 400 g/mol. The molecule has 0 heterocycles. The molecule has 1 saturated carbocycles. The fraction of sp³-hybridized carbons (Fsp3) is 1.00. The highest BCUT2D eigenvalue weighted by atomic mass is 19.4. The Balaban J connectivity index is 3.07. The first-order valence-electron chi connectivity index (χ1n) is 7.86. The zero-order chi connectivity index (χ0) is 20.6. The van der Waals surface area contributed by atoms with Crippen molar-refractivity contribution in [3.63, 3.8) is 0 Å². The zero-order valence-corrected chi connectivity index (χ0v) is 13.5. The highest BCUT2D eigenvalue weighted by Crippen LogP contribution is 2.45. The molecule has 0 saturated heterocycles. The Bertz CT molecular complexity index is 430. The minimum Gasteiger partial charge on any atom is -0.387 e. The Hall–Kier alpha value is -0.660. The van der Waals surface area contributed by atoms with Crippen LogP contribution in [-0.2, 0) is 0 Å². The minimum absolute atomic E-state index is 0.839. The largest absolute Gasteiger partial charge is 0.389 e. The second kappa shape index (κ2) is 7.76. The maximum Gasteiger partial charge on any atom is 0.389 e. The topological polar surface area (TPSA) is 121 Å². The minimum atomic E-state index is -4.64. The Morgan fingerprint density at radius 2 is 0.885 bits per heavy atom. The molecule has 0 spiro atoms. The molecular formula is C14H22F6O6. The van der Waals surface area contributed by atoms with Crippen molar-refractivity contribution < 1.29 is 57.0 Å². The fourth-order valence-electron chi connectivity index (χ4n) is 3.30. The van der Waals surface area contributed by atoms with E-state index in [4.69, 9.17) is 0 Å². The molecule has 26 heavy (non-hydrogen) atoms. The van der Waals surface area contributed by atoms with Gasteiger partial charge in [0, 0.05) is 12.8 Å². The summed E-state index contributed by atoms with van der Waals surface area (Å²) in [6.45, 7) is 0. The van der Waals surface area contributed by atoms with E-state index in [9.17, 15) is 57.0 Å². The smallest absolute Gasteiger partial charge is 0.387 e. The predicted octanol–water partition coefficient (Wildman–Crippen LogP) is 0.371. The molecule has 0 aliphatic heterocycles. The third kappa shape index (κ3) is 4.98. The highest BCUT2D eigenvalue weighted by Gasteiger charge is 2.65. The van der Waals surface area contributed by atoms with Crippen molar-refractivity contribution in [2.45, 2.75) is 86.5 Å². The molecule has 6 nitrogen and oxygen atoms in total. The van der Waals surface area contributed by atoms with Gasteiger partial charge in [0.1, 0.15) is 35.6 Å².